The van der Waals surface area contributed by atoms with Gasteiger partial charge in [-0.15, -0.1) is 0 Å². The number of nitriles is 1. The first kappa shape index (κ1) is 11.3. The Morgan fingerprint density at radius 1 is 1.24 bits per heavy atom. The van der Waals surface area contributed by atoms with E-state index in [1.54, 1.807) is 30.4 Å². The Labute approximate surface area is 103 Å². The fourth-order valence-electron chi connectivity index (χ4n) is 1.34. The number of carbonyl (C=O) groups is 1. The van der Waals surface area contributed by atoms with Crippen LogP contribution in [0.3, 0.4) is 0 Å². The Bertz CT molecular complexity index is 574. The molecule has 2 rings (SSSR count). The molecule has 82 valence electrons. The molecule has 0 aliphatic heterocycles. The molecule has 2 aromatic rings. The molecule has 17 heavy (non-hydrogen) atoms. The Hall–Kier alpha value is -2.18. The van der Waals surface area contributed by atoms with Crippen molar-refractivity contribution < 1.29 is 4.79 Å². The molecular formula is C14H9NOS. The van der Waals surface area contributed by atoms with E-state index in [9.17, 15) is 4.79 Å². The van der Waals surface area contributed by atoms with E-state index in [1.807, 2.05) is 22.9 Å². The molecular weight excluding hydrogens is 230 g/mol. The summed E-state index contributed by atoms with van der Waals surface area (Å²) in [5, 5.41) is 12.4. The third kappa shape index (κ3) is 2.90. The van der Waals surface area contributed by atoms with Crippen LogP contribution in [0.5, 0.6) is 0 Å². The number of benzene rings is 1. The maximum absolute atomic E-state index is 11.7. The van der Waals surface area contributed by atoms with Crippen molar-refractivity contribution in [2.75, 3.05) is 0 Å². The molecule has 0 fully saturated rings. The lowest BCUT2D eigenvalue weighted by Crippen LogP contribution is -1.90. The fourth-order valence-corrected chi connectivity index (χ4v) is 1.99. The number of carbonyl (C=O) groups excluding carboxylic acids is 1. The monoisotopic (exact) mass is 239 g/mol. The highest BCUT2D eigenvalue weighted by Gasteiger charge is 2.00. The molecule has 0 saturated carbocycles. The highest BCUT2D eigenvalue weighted by Crippen LogP contribution is 2.10. The normalized spacial score (nSPS) is 10.3. The Morgan fingerprint density at radius 3 is 2.59 bits per heavy atom. The Kier molecular flexibility index (Phi) is 3.49. The molecule has 0 aliphatic carbocycles. The van der Waals surface area contributed by atoms with E-state index in [-0.39, 0.29) is 5.78 Å². The number of rotatable bonds is 3. The topological polar surface area (TPSA) is 40.9 Å². The van der Waals surface area contributed by atoms with Crippen molar-refractivity contribution in [2.24, 2.45) is 0 Å². The third-order valence-electron chi connectivity index (χ3n) is 2.27. The lowest BCUT2D eigenvalue weighted by molar-refractivity contribution is 0.104. The Morgan fingerprint density at radius 2 is 2.00 bits per heavy atom. The number of ketones is 1. The zero-order valence-electron chi connectivity index (χ0n) is 8.96. The maximum Gasteiger partial charge on any atom is 0.186 e. The van der Waals surface area contributed by atoms with Gasteiger partial charge < -0.3 is 0 Å². The van der Waals surface area contributed by atoms with Gasteiger partial charge in [-0.3, -0.25) is 4.79 Å². The van der Waals surface area contributed by atoms with E-state index in [1.165, 1.54) is 11.3 Å². The molecule has 3 heteroatoms. The molecule has 1 heterocycles. The van der Waals surface area contributed by atoms with Gasteiger partial charge in [0.25, 0.3) is 0 Å². The molecule has 0 radical (unpaired) electrons. The first-order chi connectivity index (χ1) is 8.29. The SMILES string of the molecule is N#Cc1ccc(/C=C\C(=O)c2ccsc2)cc1. The summed E-state index contributed by atoms with van der Waals surface area (Å²) in [4.78, 5) is 11.7. The van der Waals surface area contributed by atoms with Gasteiger partial charge in [-0.25, -0.2) is 0 Å². The van der Waals surface area contributed by atoms with Gasteiger partial charge in [0.1, 0.15) is 0 Å². The van der Waals surface area contributed by atoms with Crippen LogP contribution in [0.2, 0.25) is 0 Å². The zero-order valence-corrected chi connectivity index (χ0v) is 9.78. The van der Waals surface area contributed by atoms with E-state index in [0.29, 0.717) is 11.1 Å². The lowest BCUT2D eigenvalue weighted by atomic mass is 10.1. The summed E-state index contributed by atoms with van der Waals surface area (Å²) >= 11 is 1.50. The van der Waals surface area contributed by atoms with Gasteiger partial charge in [-0.1, -0.05) is 18.2 Å². The molecule has 0 bridgehead atoms. The van der Waals surface area contributed by atoms with Gasteiger partial charge >= 0.3 is 0 Å². The number of nitrogens with zero attached hydrogens (tertiary/aromatic N) is 1. The molecule has 0 spiro atoms. The number of thiophene rings is 1. The standard InChI is InChI=1S/C14H9NOS/c15-9-12-3-1-11(2-4-12)5-6-14(16)13-7-8-17-10-13/h1-8,10H/b6-5-. The van der Waals surface area contributed by atoms with E-state index >= 15 is 0 Å². The minimum absolute atomic E-state index is 0.00407. The second-order valence-corrected chi connectivity index (χ2v) is 4.22. The molecule has 0 amide bonds. The minimum Gasteiger partial charge on any atom is -0.289 e. The van der Waals surface area contributed by atoms with Crippen molar-refractivity contribution in [3.63, 3.8) is 0 Å². The Balaban J connectivity index is 2.10. The summed E-state index contributed by atoms with van der Waals surface area (Å²) in [5.74, 6) is -0.00407. The summed E-state index contributed by atoms with van der Waals surface area (Å²) in [6, 6.07) is 10.9. The van der Waals surface area contributed by atoms with Gasteiger partial charge in [0.15, 0.2) is 5.78 Å². The molecule has 0 aliphatic rings. The van der Waals surface area contributed by atoms with Crippen molar-refractivity contribution in [1.82, 2.24) is 0 Å². The van der Waals surface area contributed by atoms with E-state index < -0.39 is 0 Å². The molecule has 0 atom stereocenters. The lowest BCUT2D eigenvalue weighted by Gasteiger charge is -1.93. The molecule has 2 nitrogen and oxygen atoms in total. The van der Waals surface area contributed by atoms with Crippen LogP contribution >= 0.6 is 11.3 Å². The largest absolute Gasteiger partial charge is 0.289 e. The molecule has 0 unspecified atom stereocenters. The average Bonchev–Trinajstić information content (AvgIpc) is 2.90. The third-order valence-corrected chi connectivity index (χ3v) is 2.96. The smallest absolute Gasteiger partial charge is 0.186 e. The number of hydrogen-bond donors (Lipinski definition) is 0. The van der Waals surface area contributed by atoms with E-state index in [2.05, 4.69) is 6.07 Å². The first-order valence-electron chi connectivity index (χ1n) is 5.04. The first-order valence-corrected chi connectivity index (χ1v) is 5.98. The molecule has 1 aromatic carbocycles. The van der Waals surface area contributed by atoms with Crippen molar-refractivity contribution in [3.05, 3.63) is 63.9 Å². The van der Waals surface area contributed by atoms with Crippen LogP contribution in [-0.2, 0) is 0 Å². The molecule has 1 aromatic heterocycles. The van der Waals surface area contributed by atoms with Crippen LogP contribution in [0.4, 0.5) is 0 Å². The molecule has 0 N–H and O–H groups in total. The number of hydrogen-bond acceptors (Lipinski definition) is 3. The predicted octanol–water partition coefficient (Wildman–Crippen LogP) is 3.52. The van der Waals surface area contributed by atoms with E-state index in [4.69, 9.17) is 5.26 Å². The van der Waals surface area contributed by atoms with Crippen LogP contribution in [0, 0.1) is 11.3 Å². The summed E-state index contributed by atoms with van der Waals surface area (Å²) in [6.45, 7) is 0. The van der Waals surface area contributed by atoms with Gasteiger partial charge in [-0.2, -0.15) is 16.6 Å². The minimum atomic E-state index is -0.00407. The number of allylic oxidation sites excluding steroid dienone is 1. The second kappa shape index (κ2) is 5.24. The maximum atomic E-state index is 11.7. The van der Waals surface area contributed by atoms with Crippen molar-refractivity contribution >= 4 is 23.2 Å². The van der Waals surface area contributed by atoms with E-state index in [0.717, 1.165) is 5.56 Å². The summed E-state index contributed by atoms with van der Waals surface area (Å²) in [7, 11) is 0. The van der Waals surface area contributed by atoms with Crippen molar-refractivity contribution in [1.29, 1.82) is 5.26 Å². The highest BCUT2D eigenvalue weighted by atomic mass is 32.1. The van der Waals surface area contributed by atoms with Crippen LogP contribution in [0.15, 0.2) is 47.2 Å². The van der Waals surface area contributed by atoms with Crippen LogP contribution in [0.25, 0.3) is 6.08 Å². The second-order valence-electron chi connectivity index (χ2n) is 3.44. The fraction of sp³-hybridized carbons (Fsp3) is 0. The van der Waals surface area contributed by atoms with Gasteiger partial charge in [0.05, 0.1) is 11.6 Å². The summed E-state index contributed by atoms with van der Waals surface area (Å²) < 4.78 is 0. The summed E-state index contributed by atoms with van der Waals surface area (Å²) in [5.41, 5.74) is 2.23. The quantitative estimate of drug-likeness (QED) is 0.607. The predicted molar refractivity (Wildman–Crippen MR) is 68.8 cm³/mol. The molecule has 0 saturated heterocycles. The van der Waals surface area contributed by atoms with Crippen LogP contribution < -0.4 is 0 Å². The van der Waals surface area contributed by atoms with Gasteiger partial charge in [0, 0.05) is 10.9 Å². The highest BCUT2D eigenvalue weighted by molar-refractivity contribution is 7.08. The van der Waals surface area contributed by atoms with Gasteiger partial charge in [-0.05, 0) is 35.2 Å². The summed E-state index contributed by atoms with van der Waals surface area (Å²) in [6.07, 6.45) is 3.30. The van der Waals surface area contributed by atoms with Crippen molar-refractivity contribution in [3.8, 4) is 6.07 Å². The average molecular weight is 239 g/mol. The van der Waals surface area contributed by atoms with Crippen LogP contribution in [0.1, 0.15) is 21.5 Å². The van der Waals surface area contributed by atoms with Gasteiger partial charge in [0.2, 0.25) is 0 Å². The zero-order chi connectivity index (χ0) is 12.1. The van der Waals surface area contributed by atoms with Crippen LogP contribution in [-0.4, -0.2) is 5.78 Å². The van der Waals surface area contributed by atoms with Crippen molar-refractivity contribution in [2.45, 2.75) is 0 Å².